The lowest BCUT2D eigenvalue weighted by molar-refractivity contribution is -0.125. The van der Waals surface area contributed by atoms with E-state index in [9.17, 15) is 4.79 Å². The van der Waals surface area contributed by atoms with Gasteiger partial charge in [-0.15, -0.1) is 0 Å². The molecule has 30 heavy (non-hydrogen) atoms. The molecule has 0 aliphatic carbocycles. The second-order valence-electron chi connectivity index (χ2n) is 8.91. The first-order valence-electron chi connectivity index (χ1n) is 10.9. The minimum absolute atomic E-state index is 0.0148. The highest BCUT2D eigenvalue weighted by atomic mass is 35.5. The van der Waals surface area contributed by atoms with Crippen LogP contribution in [0.1, 0.15) is 45.1 Å². The highest BCUT2D eigenvalue weighted by Gasteiger charge is 2.42. The number of carbonyl (C=O) groups excluding carboxylic acids is 1. The molecule has 1 aromatic heterocycles. The Morgan fingerprint density at radius 1 is 1.30 bits per heavy atom. The number of nitrogens with zero attached hydrogens (tertiary/aromatic N) is 2. The normalized spacial score (nSPS) is 21.4. The number of hydrogen-bond acceptors (Lipinski definition) is 4. The van der Waals surface area contributed by atoms with Gasteiger partial charge in [0.05, 0.1) is 23.6 Å². The summed E-state index contributed by atoms with van der Waals surface area (Å²) in [5, 5.41) is 11.2. The molecule has 3 heterocycles. The second kappa shape index (κ2) is 9.08. The molecule has 2 saturated heterocycles. The number of rotatable bonds is 6. The van der Waals surface area contributed by atoms with E-state index in [1.54, 1.807) is 0 Å². The molecule has 1 unspecified atom stereocenters. The van der Waals surface area contributed by atoms with Crippen molar-refractivity contribution in [3.05, 3.63) is 41.0 Å². The zero-order valence-corrected chi connectivity index (χ0v) is 18.5. The van der Waals surface area contributed by atoms with Crippen LogP contribution < -0.4 is 5.32 Å². The van der Waals surface area contributed by atoms with Gasteiger partial charge in [0.2, 0.25) is 5.91 Å². The van der Waals surface area contributed by atoms with Gasteiger partial charge in [-0.25, -0.2) is 0 Å². The summed E-state index contributed by atoms with van der Waals surface area (Å²) in [6.07, 6.45) is 6.26. The van der Waals surface area contributed by atoms with Gasteiger partial charge < -0.3 is 10.1 Å². The Kier molecular flexibility index (Phi) is 6.46. The number of piperidine rings is 1. The standard InChI is InChI=1S/C23H31ClN4O2/c1-16(2)22(29)25-14-20-7-8-23(30-20)9-11-28(12-10-23)15-18-13-26-27-21(18)17-3-5-19(24)6-4-17/h3-6,13,16,20H,7-12,14-15H2,1-2H3,(H,25,29)(H,26,27). The van der Waals surface area contributed by atoms with Gasteiger partial charge in [0.25, 0.3) is 0 Å². The molecule has 2 aliphatic rings. The van der Waals surface area contributed by atoms with Crippen LogP contribution >= 0.6 is 11.6 Å². The van der Waals surface area contributed by atoms with E-state index >= 15 is 0 Å². The number of amides is 1. The highest BCUT2D eigenvalue weighted by Crippen LogP contribution is 2.39. The van der Waals surface area contributed by atoms with Gasteiger partial charge in [-0.3, -0.25) is 14.8 Å². The van der Waals surface area contributed by atoms with Crippen molar-refractivity contribution in [2.45, 2.75) is 57.8 Å². The number of halogens is 1. The van der Waals surface area contributed by atoms with Crippen LogP contribution in [0.2, 0.25) is 5.02 Å². The summed E-state index contributed by atoms with van der Waals surface area (Å²) in [7, 11) is 0. The fraction of sp³-hybridized carbons (Fsp3) is 0.565. The predicted molar refractivity (Wildman–Crippen MR) is 118 cm³/mol. The first-order valence-corrected chi connectivity index (χ1v) is 11.3. The van der Waals surface area contributed by atoms with Crippen LogP contribution in [0.3, 0.4) is 0 Å². The second-order valence-corrected chi connectivity index (χ2v) is 9.35. The van der Waals surface area contributed by atoms with Crippen molar-refractivity contribution in [2.75, 3.05) is 19.6 Å². The average molecular weight is 431 g/mol. The Balaban J connectivity index is 1.29. The Morgan fingerprint density at radius 3 is 2.73 bits per heavy atom. The number of aromatic amines is 1. The number of ether oxygens (including phenoxy) is 1. The zero-order valence-electron chi connectivity index (χ0n) is 17.8. The van der Waals surface area contributed by atoms with Crippen LogP contribution in [0, 0.1) is 5.92 Å². The van der Waals surface area contributed by atoms with Crippen molar-refractivity contribution < 1.29 is 9.53 Å². The summed E-state index contributed by atoms with van der Waals surface area (Å²) in [5.41, 5.74) is 3.35. The van der Waals surface area contributed by atoms with E-state index in [1.165, 1.54) is 5.56 Å². The first kappa shape index (κ1) is 21.3. The van der Waals surface area contributed by atoms with Gasteiger partial charge in [0, 0.05) is 42.7 Å². The fourth-order valence-corrected chi connectivity index (χ4v) is 4.61. The van der Waals surface area contributed by atoms with Crippen molar-refractivity contribution in [2.24, 2.45) is 5.92 Å². The summed E-state index contributed by atoms with van der Waals surface area (Å²) in [5.74, 6) is 0.121. The molecule has 2 aliphatic heterocycles. The van der Waals surface area contributed by atoms with Gasteiger partial charge in [0.1, 0.15) is 0 Å². The average Bonchev–Trinajstić information content (AvgIpc) is 3.36. The number of H-pyrrole nitrogens is 1. The first-order chi connectivity index (χ1) is 14.4. The summed E-state index contributed by atoms with van der Waals surface area (Å²) in [4.78, 5) is 14.3. The SMILES string of the molecule is CC(C)C(=O)NCC1CCC2(CCN(Cc3cn[nH]c3-c3ccc(Cl)cc3)CC2)O1. The van der Waals surface area contributed by atoms with E-state index in [4.69, 9.17) is 16.3 Å². The molecule has 7 heteroatoms. The molecule has 1 spiro atoms. The van der Waals surface area contributed by atoms with Crippen LogP contribution in [-0.4, -0.2) is 52.3 Å². The molecule has 4 rings (SSSR count). The lowest BCUT2D eigenvalue weighted by Crippen LogP contribution is -2.45. The largest absolute Gasteiger partial charge is 0.370 e. The Morgan fingerprint density at radius 2 is 2.03 bits per heavy atom. The summed E-state index contributed by atoms with van der Waals surface area (Å²) in [6.45, 7) is 7.35. The smallest absolute Gasteiger partial charge is 0.222 e. The number of aromatic nitrogens is 2. The van der Waals surface area contributed by atoms with Crippen LogP contribution in [0.4, 0.5) is 0 Å². The van der Waals surface area contributed by atoms with Crippen LogP contribution in [0.15, 0.2) is 30.5 Å². The van der Waals surface area contributed by atoms with Gasteiger partial charge in [-0.2, -0.15) is 5.10 Å². The highest BCUT2D eigenvalue weighted by molar-refractivity contribution is 6.30. The quantitative estimate of drug-likeness (QED) is 0.726. The summed E-state index contributed by atoms with van der Waals surface area (Å²) in [6, 6.07) is 7.86. The van der Waals surface area contributed by atoms with Gasteiger partial charge in [0.15, 0.2) is 0 Å². The topological polar surface area (TPSA) is 70.2 Å². The molecule has 162 valence electrons. The molecule has 2 aromatic rings. The minimum Gasteiger partial charge on any atom is -0.370 e. The molecular weight excluding hydrogens is 400 g/mol. The molecular formula is C23H31ClN4O2. The maximum absolute atomic E-state index is 11.8. The lowest BCUT2D eigenvalue weighted by Gasteiger charge is -2.39. The van der Waals surface area contributed by atoms with Crippen molar-refractivity contribution >= 4 is 17.5 Å². The van der Waals surface area contributed by atoms with E-state index in [-0.39, 0.29) is 23.5 Å². The van der Waals surface area contributed by atoms with E-state index in [2.05, 4.69) is 20.4 Å². The number of hydrogen-bond donors (Lipinski definition) is 2. The molecule has 0 saturated carbocycles. The molecule has 1 atom stereocenters. The molecule has 0 bridgehead atoms. The third-order valence-corrected chi connectivity index (χ3v) is 6.63. The zero-order chi connectivity index (χ0) is 21.1. The van der Waals surface area contributed by atoms with Crippen molar-refractivity contribution in [3.8, 4) is 11.3 Å². The molecule has 6 nitrogen and oxygen atoms in total. The third kappa shape index (κ3) is 4.88. The van der Waals surface area contributed by atoms with E-state index in [0.717, 1.165) is 61.6 Å². The lowest BCUT2D eigenvalue weighted by atomic mass is 9.88. The van der Waals surface area contributed by atoms with Crippen LogP contribution in [0.5, 0.6) is 0 Å². The van der Waals surface area contributed by atoms with Gasteiger partial charge in [-0.1, -0.05) is 37.6 Å². The van der Waals surface area contributed by atoms with Crippen LogP contribution in [-0.2, 0) is 16.1 Å². The number of benzene rings is 1. The van der Waals surface area contributed by atoms with E-state index in [1.807, 2.05) is 44.3 Å². The number of likely N-dealkylation sites (tertiary alicyclic amines) is 1. The third-order valence-electron chi connectivity index (χ3n) is 6.38. The fourth-order valence-electron chi connectivity index (χ4n) is 4.48. The Hall–Kier alpha value is -1.89. The molecule has 1 amide bonds. The summed E-state index contributed by atoms with van der Waals surface area (Å²) >= 11 is 6.02. The number of nitrogens with one attached hydrogen (secondary N) is 2. The molecule has 1 aromatic carbocycles. The van der Waals surface area contributed by atoms with Gasteiger partial charge >= 0.3 is 0 Å². The van der Waals surface area contributed by atoms with Crippen molar-refractivity contribution in [1.82, 2.24) is 20.4 Å². The van der Waals surface area contributed by atoms with Crippen molar-refractivity contribution in [3.63, 3.8) is 0 Å². The maximum atomic E-state index is 11.8. The summed E-state index contributed by atoms with van der Waals surface area (Å²) < 4.78 is 6.44. The van der Waals surface area contributed by atoms with Crippen LogP contribution in [0.25, 0.3) is 11.3 Å². The Labute approximate surface area is 183 Å². The predicted octanol–water partition coefficient (Wildman–Crippen LogP) is 4.02. The molecule has 2 N–H and O–H groups in total. The van der Waals surface area contributed by atoms with E-state index < -0.39 is 0 Å². The van der Waals surface area contributed by atoms with E-state index in [0.29, 0.717) is 6.54 Å². The molecule has 0 radical (unpaired) electrons. The monoisotopic (exact) mass is 430 g/mol. The Bertz CT molecular complexity index is 856. The van der Waals surface area contributed by atoms with Crippen molar-refractivity contribution in [1.29, 1.82) is 0 Å². The van der Waals surface area contributed by atoms with Gasteiger partial charge in [-0.05, 0) is 43.4 Å². The maximum Gasteiger partial charge on any atom is 0.222 e. The number of carbonyl (C=O) groups is 1. The molecule has 2 fully saturated rings. The minimum atomic E-state index is -0.0148.